The highest BCUT2D eigenvalue weighted by Gasteiger charge is 2.50. The van der Waals surface area contributed by atoms with Crippen molar-refractivity contribution in [3.8, 4) is 0 Å². The van der Waals surface area contributed by atoms with E-state index in [2.05, 4.69) is 29.2 Å². The van der Waals surface area contributed by atoms with Gasteiger partial charge in [-0.2, -0.15) is 0 Å². The van der Waals surface area contributed by atoms with Gasteiger partial charge < -0.3 is 5.11 Å². The number of carbonyl (C=O) groups is 1. The van der Waals surface area contributed by atoms with Crippen molar-refractivity contribution in [3.63, 3.8) is 0 Å². The predicted molar refractivity (Wildman–Crippen MR) is 69.1 cm³/mol. The third-order valence-electron chi connectivity index (χ3n) is 4.29. The second kappa shape index (κ2) is 4.73. The van der Waals surface area contributed by atoms with Crippen LogP contribution in [0, 0.1) is 11.8 Å². The van der Waals surface area contributed by atoms with E-state index in [1.807, 2.05) is 6.07 Å². The molecule has 1 aromatic carbocycles. The van der Waals surface area contributed by atoms with E-state index < -0.39 is 5.97 Å². The Morgan fingerprint density at radius 2 is 2.11 bits per heavy atom. The molecular formula is C15H19NO2. The third kappa shape index (κ3) is 2.27. The molecule has 1 heterocycles. The average Bonchev–Trinajstić information content (AvgIpc) is 3.05. The van der Waals surface area contributed by atoms with Crippen LogP contribution in [0.15, 0.2) is 30.3 Å². The SMILES string of the molecule is O=C(O)[C@@H]1C[C@H]1C1CCCN1Cc1ccccc1. The molecule has 0 bridgehead atoms. The molecule has 1 saturated heterocycles. The van der Waals surface area contributed by atoms with Gasteiger partial charge in [-0.15, -0.1) is 0 Å². The van der Waals surface area contributed by atoms with Crippen LogP contribution in [0.25, 0.3) is 0 Å². The van der Waals surface area contributed by atoms with Crippen molar-refractivity contribution in [3.05, 3.63) is 35.9 Å². The van der Waals surface area contributed by atoms with Gasteiger partial charge >= 0.3 is 5.97 Å². The Balaban J connectivity index is 1.64. The maximum Gasteiger partial charge on any atom is 0.306 e. The van der Waals surface area contributed by atoms with Gasteiger partial charge in [-0.25, -0.2) is 0 Å². The highest BCUT2D eigenvalue weighted by atomic mass is 16.4. The lowest BCUT2D eigenvalue weighted by Crippen LogP contribution is -2.31. The molecular weight excluding hydrogens is 226 g/mol. The van der Waals surface area contributed by atoms with Crippen LogP contribution in [-0.4, -0.2) is 28.6 Å². The molecule has 3 nitrogen and oxygen atoms in total. The van der Waals surface area contributed by atoms with Crippen LogP contribution in [0.1, 0.15) is 24.8 Å². The van der Waals surface area contributed by atoms with Gasteiger partial charge in [0.25, 0.3) is 0 Å². The number of hydrogen-bond donors (Lipinski definition) is 1. The lowest BCUT2D eigenvalue weighted by Gasteiger charge is -2.24. The minimum absolute atomic E-state index is 0.0774. The molecule has 0 spiro atoms. The number of carboxylic acid groups (broad SMARTS) is 1. The lowest BCUT2D eigenvalue weighted by molar-refractivity contribution is -0.139. The summed E-state index contributed by atoms with van der Waals surface area (Å²) < 4.78 is 0. The topological polar surface area (TPSA) is 40.5 Å². The van der Waals surface area contributed by atoms with E-state index in [-0.39, 0.29) is 5.92 Å². The van der Waals surface area contributed by atoms with E-state index >= 15 is 0 Å². The number of benzene rings is 1. The fraction of sp³-hybridized carbons (Fsp3) is 0.533. The summed E-state index contributed by atoms with van der Waals surface area (Å²) in [5.74, 6) is -0.286. The monoisotopic (exact) mass is 245 g/mol. The molecule has 18 heavy (non-hydrogen) atoms. The van der Waals surface area contributed by atoms with Crippen LogP contribution in [0.4, 0.5) is 0 Å². The van der Waals surface area contributed by atoms with Crippen molar-refractivity contribution >= 4 is 5.97 Å². The summed E-state index contributed by atoms with van der Waals surface area (Å²) in [6.45, 7) is 2.08. The number of likely N-dealkylation sites (tertiary alicyclic amines) is 1. The molecule has 0 aromatic heterocycles. The van der Waals surface area contributed by atoms with Crippen molar-refractivity contribution in [2.45, 2.75) is 31.8 Å². The van der Waals surface area contributed by atoms with Crippen molar-refractivity contribution in [1.82, 2.24) is 4.90 Å². The van der Waals surface area contributed by atoms with Gasteiger partial charge in [-0.3, -0.25) is 9.69 Å². The Bertz CT molecular complexity index is 431. The summed E-state index contributed by atoms with van der Waals surface area (Å²) in [4.78, 5) is 13.5. The fourth-order valence-corrected chi connectivity index (χ4v) is 3.27. The van der Waals surface area contributed by atoms with Crippen LogP contribution >= 0.6 is 0 Å². The zero-order valence-corrected chi connectivity index (χ0v) is 10.5. The molecule has 3 heteroatoms. The lowest BCUT2D eigenvalue weighted by atomic mass is 10.1. The van der Waals surface area contributed by atoms with E-state index in [4.69, 9.17) is 5.11 Å². The van der Waals surface area contributed by atoms with Gasteiger partial charge in [-0.05, 0) is 37.3 Å². The second-order valence-electron chi connectivity index (χ2n) is 5.51. The van der Waals surface area contributed by atoms with Gasteiger partial charge in [0.15, 0.2) is 0 Å². The number of rotatable bonds is 4. The summed E-state index contributed by atoms with van der Waals surface area (Å²) in [5.41, 5.74) is 1.33. The zero-order valence-electron chi connectivity index (χ0n) is 10.5. The molecule has 1 unspecified atom stereocenters. The van der Waals surface area contributed by atoms with Crippen LogP contribution < -0.4 is 0 Å². The van der Waals surface area contributed by atoms with E-state index in [1.165, 1.54) is 18.4 Å². The van der Waals surface area contributed by atoms with Gasteiger partial charge in [0.2, 0.25) is 0 Å². The molecule has 0 amide bonds. The molecule has 1 aliphatic heterocycles. The number of aliphatic carboxylic acids is 1. The Hall–Kier alpha value is -1.35. The van der Waals surface area contributed by atoms with E-state index in [0.717, 1.165) is 19.5 Å². The molecule has 96 valence electrons. The largest absolute Gasteiger partial charge is 0.481 e. The first-order valence-corrected chi connectivity index (χ1v) is 6.76. The van der Waals surface area contributed by atoms with E-state index in [0.29, 0.717) is 12.0 Å². The third-order valence-corrected chi connectivity index (χ3v) is 4.29. The molecule has 1 saturated carbocycles. The van der Waals surface area contributed by atoms with Crippen molar-refractivity contribution in [2.75, 3.05) is 6.54 Å². The molecule has 1 aliphatic carbocycles. The number of carboxylic acids is 1. The predicted octanol–water partition coefficient (Wildman–Crippen LogP) is 2.37. The zero-order chi connectivity index (χ0) is 12.5. The Morgan fingerprint density at radius 1 is 1.33 bits per heavy atom. The summed E-state index contributed by atoms with van der Waals surface area (Å²) in [7, 11) is 0. The normalized spacial score (nSPS) is 31.4. The smallest absolute Gasteiger partial charge is 0.306 e. The Kier molecular flexibility index (Phi) is 3.08. The van der Waals surface area contributed by atoms with Crippen LogP contribution in [0.3, 0.4) is 0 Å². The summed E-state index contributed by atoms with van der Waals surface area (Å²) in [6, 6.07) is 11.0. The standard InChI is InChI=1S/C15H19NO2/c17-15(18)13-9-12(13)14-7-4-8-16(14)10-11-5-2-1-3-6-11/h1-3,5-6,12-14H,4,7-10H2,(H,17,18)/t12-,13-,14?/m1/s1. The Morgan fingerprint density at radius 3 is 2.78 bits per heavy atom. The number of hydrogen-bond acceptors (Lipinski definition) is 2. The minimum Gasteiger partial charge on any atom is -0.481 e. The summed E-state index contributed by atoms with van der Waals surface area (Å²) >= 11 is 0. The Labute approximate surface area is 107 Å². The van der Waals surface area contributed by atoms with Crippen molar-refractivity contribution in [2.24, 2.45) is 11.8 Å². The highest BCUT2D eigenvalue weighted by molar-refractivity contribution is 5.73. The molecule has 3 rings (SSSR count). The van der Waals surface area contributed by atoms with Gasteiger partial charge in [0.1, 0.15) is 0 Å². The average molecular weight is 245 g/mol. The first-order valence-electron chi connectivity index (χ1n) is 6.76. The molecule has 2 aliphatic rings. The maximum atomic E-state index is 11.0. The minimum atomic E-state index is -0.605. The highest BCUT2D eigenvalue weighted by Crippen LogP contribution is 2.46. The van der Waals surface area contributed by atoms with Gasteiger partial charge in [0.05, 0.1) is 5.92 Å². The van der Waals surface area contributed by atoms with Crippen molar-refractivity contribution in [1.29, 1.82) is 0 Å². The molecule has 2 fully saturated rings. The first kappa shape index (κ1) is 11.7. The van der Waals surface area contributed by atoms with Crippen LogP contribution in [0.5, 0.6) is 0 Å². The van der Waals surface area contributed by atoms with E-state index in [9.17, 15) is 4.79 Å². The van der Waals surface area contributed by atoms with Gasteiger partial charge in [-0.1, -0.05) is 30.3 Å². The molecule has 3 atom stereocenters. The fourth-order valence-electron chi connectivity index (χ4n) is 3.27. The van der Waals surface area contributed by atoms with Crippen LogP contribution in [0.2, 0.25) is 0 Å². The van der Waals surface area contributed by atoms with Gasteiger partial charge in [0, 0.05) is 12.6 Å². The second-order valence-corrected chi connectivity index (χ2v) is 5.51. The summed E-state index contributed by atoms with van der Waals surface area (Å²) in [6.07, 6.45) is 3.26. The molecule has 0 radical (unpaired) electrons. The first-order chi connectivity index (χ1) is 8.75. The molecule has 1 aromatic rings. The van der Waals surface area contributed by atoms with Crippen LogP contribution in [-0.2, 0) is 11.3 Å². The quantitative estimate of drug-likeness (QED) is 0.885. The van der Waals surface area contributed by atoms with E-state index in [1.54, 1.807) is 0 Å². The van der Waals surface area contributed by atoms with Crippen molar-refractivity contribution < 1.29 is 9.90 Å². The number of nitrogens with zero attached hydrogens (tertiary/aromatic N) is 1. The maximum absolute atomic E-state index is 11.0. The summed E-state index contributed by atoms with van der Waals surface area (Å²) in [5, 5.41) is 9.04. The molecule has 1 N–H and O–H groups in total.